The lowest BCUT2D eigenvalue weighted by Crippen LogP contribution is -2.41. The maximum Gasteiger partial charge on any atom is 0.326 e. The zero-order valence-corrected chi connectivity index (χ0v) is 14.8. The second kappa shape index (κ2) is 6.82. The van der Waals surface area contributed by atoms with Crippen molar-refractivity contribution in [3.8, 4) is 0 Å². The number of aliphatic carboxylic acids is 1. The molecule has 0 spiro atoms. The molecule has 0 aromatic carbocycles. The third-order valence-corrected chi connectivity index (χ3v) is 4.82. The number of carbonyl (C=O) groups excluding carboxylic acids is 1. The number of rotatable bonds is 7. The molecule has 2 aromatic heterocycles. The first kappa shape index (κ1) is 17.4. The lowest BCUT2D eigenvalue weighted by atomic mass is 10.1. The molecule has 1 amide bonds. The van der Waals surface area contributed by atoms with Gasteiger partial charge < -0.3 is 10.4 Å². The molecular formula is C18H24N4O3. The van der Waals surface area contributed by atoms with Crippen molar-refractivity contribution in [2.24, 2.45) is 5.92 Å². The highest BCUT2D eigenvalue weighted by Gasteiger charge is 2.31. The fourth-order valence-electron chi connectivity index (χ4n) is 2.97. The van der Waals surface area contributed by atoms with Gasteiger partial charge in [0.1, 0.15) is 6.04 Å². The highest BCUT2D eigenvalue weighted by Crippen LogP contribution is 2.33. The lowest BCUT2D eigenvalue weighted by molar-refractivity contribution is -0.139. The number of aromatic nitrogens is 3. The Balaban J connectivity index is 1.92. The number of hydrogen-bond acceptors (Lipinski definition) is 4. The number of carboxylic acid groups (broad SMARTS) is 1. The van der Waals surface area contributed by atoms with E-state index in [0.717, 1.165) is 19.3 Å². The molecule has 7 nitrogen and oxygen atoms in total. The topological polar surface area (TPSA) is 97.1 Å². The molecule has 1 aliphatic carbocycles. The Morgan fingerprint density at radius 2 is 2.16 bits per heavy atom. The number of nitrogens with zero attached hydrogens (tertiary/aromatic N) is 3. The first-order valence-electron chi connectivity index (χ1n) is 8.79. The standard InChI is InChI=1S/C18H24N4O3/c1-4-11(3)22-16-14(9-19-22)13(7-10(2)20-16)17(23)21-15(18(24)25)8-12-5-6-12/h7,9,11-12,15H,4-6,8H2,1-3H3,(H,21,23)(H,24,25). The van der Waals surface area contributed by atoms with Crippen molar-refractivity contribution in [3.05, 3.63) is 23.5 Å². The van der Waals surface area contributed by atoms with Crippen LogP contribution in [-0.2, 0) is 4.79 Å². The van der Waals surface area contributed by atoms with E-state index in [-0.39, 0.29) is 11.9 Å². The monoisotopic (exact) mass is 344 g/mol. The molecule has 1 saturated carbocycles. The third-order valence-electron chi connectivity index (χ3n) is 4.82. The summed E-state index contributed by atoms with van der Waals surface area (Å²) in [6.45, 7) is 5.94. The van der Waals surface area contributed by atoms with E-state index in [4.69, 9.17) is 0 Å². The van der Waals surface area contributed by atoms with Crippen molar-refractivity contribution in [2.45, 2.75) is 58.5 Å². The van der Waals surface area contributed by atoms with Gasteiger partial charge in [-0.15, -0.1) is 0 Å². The van der Waals surface area contributed by atoms with Gasteiger partial charge in [0.05, 0.1) is 23.2 Å². The van der Waals surface area contributed by atoms with Crippen molar-refractivity contribution in [3.63, 3.8) is 0 Å². The fourth-order valence-corrected chi connectivity index (χ4v) is 2.97. The van der Waals surface area contributed by atoms with Gasteiger partial charge in [-0.1, -0.05) is 19.8 Å². The third kappa shape index (κ3) is 3.65. The molecule has 0 aliphatic heterocycles. The molecule has 2 N–H and O–H groups in total. The lowest BCUT2D eigenvalue weighted by Gasteiger charge is -2.15. The van der Waals surface area contributed by atoms with E-state index in [0.29, 0.717) is 34.6 Å². The molecule has 0 bridgehead atoms. The smallest absolute Gasteiger partial charge is 0.326 e. The molecule has 2 heterocycles. The summed E-state index contributed by atoms with van der Waals surface area (Å²) in [5.74, 6) is -0.960. The average Bonchev–Trinajstić information content (AvgIpc) is 3.29. The van der Waals surface area contributed by atoms with Crippen molar-refractivity contribution < 1.29 is 14.7 Å². The van der Waals surface area contributed by atoms with Crippen LogP contribution in [0.3, 0.4) is 0 Å². The van der Waals surface area contributed by atoms with Crippen molar-refractivity contribution in [1.82, 2.24) is 20.1 Å². The Hall–Kier alpha value is -2.44. The van der Waals surface area contributed by atoms with Crippen LogP contribution in [0.1, 0.15) is 61.6 Å². The summed E-state index contributed by atoms with van der Waals surface area (Å²) in [6.07, 6.45) is 5.11. The molecule has 2 aromatic rings. The van der Waals surface area contributed by atoms with Gasteiger partial charge in [-0.2, -0.15) is 5.10 Å². The number of nitrogens with one attached hydrogen (secondary N) is 1. The number of hydrogen-bond donors (Lipinski definition) is 2. The minimum absolute atomic E-state index is 0.171. The maximum absolute atomic E-state index is 12.7. The van der Waals surface area contributed by atoms with E-state index in [1.54, 1.807) is 12.3 Å². The van der Waals surface area contributed by atoms with Crippen LogP contribution in [0.2, 0.25) is 0 Å². The molecule has 0 saturated heterocycles. The number of amides is 1. The zero-order chi connectivity index (χ0) is 18.1. The molecule has 3 rings (SSSR count). The van der Waals surface area contributed by atoms with E-state index >= 15 is 0 Å². The molecule has 2 unspecified atom stereocenters. The first-order valence-corrected chi connectivity index (χ1v) is 8.79. The quantitative estimate of drug-likeness (QED) is 0.805. The molecule has 1 fully saturated rings. The van der Waals surface area contributed by atoms with Crippen LogP contribution in [0.25, 0.3) is 11.0 Å². The number of aryl methyl sites for hydroxylation is 1. The summed E-state index contributed by atoms with van der Waals surface area (Å²) in [7, 11) is 0. The van der Waals surface area contributed by atoms with Gasteiger partial charge in [0.15, 0.2) is 5.65 Å². The van der Waals surface area contributed by atoms with Crippen LogP contribution in [0.15, 0.2) is 12.3 Å². The van der Waals surface area contributed by atoms with E-state index in [1.165, 1.54) is 0 Å². The summed E-state index contributed by atoms with van der Waals surface area (Å²) in [6, 6.07) is 1.01. The minimum Gasteiger partial charge on any atom is -0.480 e. The predicted octanol–water partition coefficient (Wildman–Crippen LogP) is 2.69. The minimum atomic E-state index is -0.988. The van der Waals surface area contributed by atoms with Gasteiger partial charge in [0.25, 0.3) is 5.91 Å². The van der Waals surface area contributed by atoms with Crippen LogP contribution in [0, 0.1) is 12.8 Å². The predicted molar refractivity (Wildman–Crippen MR) is 93.5 cm³/mol. The molecule has 25 heavy (non-hydrogen) atoms. The number of carbonyl (C=O) groups is 2. The van der Waals surface area contributed by atoms with Crippen LogP contribution >= 0.6 is 0 Å². The van der Waals surface area contributed by atoms with Gasteiger partial charge >= 0.3 is 5.97 Å². The summed E-state index contributed by atoms with van der Waals surface area (Å²) in [5, 5.41) is 17.1. The first-order chi connectivity index (χ1) is 11.9. The molecule has 1 aliphatic rings. The molecule has 134 valence electrons. The second-order valence-corrected chi connectivity index (χ2v) is 6.94. The van der Waals surface area contributed by atoms with Gasteiger partial charge in [-0.05, 0) is 38.7 Å². The normalized spacial score (nSPS) is 16.6. The van der Waals surface area contributed by atoms with E-state index < -0.39 is 12.0 Å². The van der Waals surface area contributed by atoms with Crippen LogP contribution in [0.5, 0.6) is 0 Å². The van der Waals surface area contributed by atoms with Gasteiger partial charge in [0, 0.05) is 5.69 Å². The van der Waals surface area contributed by atoms with Crippen molar-refractivity contribution >= 4 is 22.9 Å². The van der Waals surface area contributed by atoms with Gasteiger partial charge in [-0.25, -0.2) is 14.5 Å². The largest absolute Gasteiger partial charge is 0.480 e. The van der Waals surface area contributed by atoms with Gasteiger partial charge in [-0.3, -0.25) is 4.79 Å². The van der Waals surface area contributed by atoms with E-state index in [1.807, 2.05) is 18.5 Å². The Bertz CT molecular complexity index is 810. The Kier molecular flexibility index (Phi) is 4.74. The average molecular weight is 344 g/mol. The molecule has 2 atom stereocenters. The van der Waals surface area contributed by atoms with Gasteiger partial charge in [0.2, 0.25) is 0 Å². The Labute approximate surface area is 146 Å². The summed E-state index contributed by atoms with van der Waals surface area (Å²) in [4.78, 5) is 28.7. The summed E-state index contributed by atoms with van der Waals surface area (Å²) >= 11 is 0. The fraction of sp³-hybridized carbons (Fsp3) is 0.556. The van der Waals surface area contributed by atoms with E-state index in [2.05, 4.69) is 22.3 Å². The molecule has 0 radical (unpaired) electrons. The number of fused-ring (bicyclic) bond motifs is 1. The second-order valence-electron chi connectivity index (χ2n) is 6.94. The maximum atomic E-state index is 12.7. The SMILES string of the molecule is CCC(C)n1ncc2c(C(=O)NC(CC3CC3)C(=O)O)cc(C)nc21. The summed E-state index contributed by atoms with van der Waals surface area (Å²) < 4.78 is 1.82. The molecule has 7 heteroatoms. The van der Waals surface area contributed by atoms with Crippen molar-refractivity contribution in [1.29, 1.82) is 0 Å². The number of pyridine rings is 1. The highest BCUT2D eigenvalue weighted by molar-refractivity contribution is 6.06. The highest BCUT2D eigenvalue weighted by atomic mass is 16.4. The van der Waals surface area contributed by atoms with Crippen LogP contribution in [0.4, 0.5) is 0 Å². The zero-order valence-electron chi connectivity index (χ0n) is 14.8. The van der Waals surface area contributed by atoms with Crippen molar-refractivity contribution in [2.75, 3.05) is 0 Å². The summed E-state index contributed by atoms with van der Waals surface area (Å²) in [5.41, 5.74) is 1.80. The van der Waals surface area contributed by atoms with Crippen LogP contribution in [-0.4, -0.2) is 37.8 Å². The molecular weight excluding hydrogens is 320 g/mol. The number of carboxylic acids is 1. The van der Waals surface area contributed by atoms with Crippen LogP contribution < -0.4 is 5.32 Å². The Morgan fingerprint density at radius 3 is 2.76 bits per heavy atom. The Morgan fingerprint density at radius 1 is 1.44 bits per heavy atom. The van der Waals surface area contributed by atoms with E-state index in [9.17, 15) is 14.7 Å².